The summed E-state index contributed by atoms with van der Waals surface area (Å²) in [5.41, 5.74) is 5.67. The molecule has 92 valence electrons. The van der Waals surface area contributed by atoms with Gasteiger partial charge in [0.2, 0.25) is 5.91 Å². The Morgan fingerprint density at radius 1 is 1.59 bits per heavy atom. The van der Waals surface area contributed by atoms with Crippen LogP contribution in [0.3, 0.4) is 0 Å². The van der Waals surface area contributed by atoms with Crippen LogP contribution in [0.25, 0.3) is 0 Å². The summed E-state index contributed by atoms with van der Waals surface area (Å²) >= 11 is 3.37. The second kappa shape index (κ2) is 5.51. The Balaban J connectivity index is 1.98. The van der Waals surface area contributed by atoms with Gasteiger partial charge in [0.1, 0.15) is 12.4 Å². The maximum absolute atomic E-state index is 11.0. The van der Waals surface area contributed by atoms with Crippen molar-refractivity contribution in [3.8, 4) is 5.75 Å². The number of nitrogens with two attached hydrogens (primary N) is 1. The molecule has 2 rings (SSSR count). The minimum absolute atomic E-state index is 0.428. The molecule has 1 aromatic rings. The van der Waals surface area contributed by atoms with E-state index in [-0.39, 0.29) is 0 Å². The van der Waals surface area contributed by atoms with Gasteiger partial charge in [-0.3, -0.25) is 4.79 Å². The molecule has 0 spiro atoms. The zero-order chi connectivity index (χ0) is 12.3. The van der Waals surface area contributed by atoms with Crippen LogP contribution in [-0.2, 0) is 0 Å². The van der Waals surface area contributed by atoms with Crippen molar-refractivity contribution >= 4 is 21.8 Å². The summed E-state index contributed by atoms with van der Waals surface area (Å²) in [7, 11) is 0. The summed E-state index contributed by atoms with van der Waals surface area (Å²) in [5.74, 6) is 0.304. The normalized spacial score (nSPS) is 19.2. The van der Waals surface area contributed by atoms with Crippen molar-refractivity contribution in [2.75, 3.05) is 13.2 Å². The predicted molar refractivity (Wildman–Crippen MR) is 69.2 cm³/mol. The number of amides is 1. The minimum Gasteiger partial charge on any atom is -0.491 e. The lowest BCUT2D eigenvalue weighted by atomic mass is 10.2. The summed E-state index contributed by atoms with van der Waals surface area (Å²) in [4.78, 5) is 11.0. The number of rotatable bonds is 4. The number of carbonyl (C=O) groups excluding carboxylic acids is 1. The number of benzene rings is 1. The van der Waals surface area contributed by atoms with Crippen molar-refractivity contribution in [1.82, 2.24) is 5.32 Å². The van der Waals surface area contributed by atoms with Crippen LogP contribution in [0, 0.1) is 0 Å². The van der Waals surface area contributed by atoms with Gasteiger partial charge in [0.05, 0.1) is 4.47 Å². The molecule has 0 aliphatic carbocycles. The lowest BCUT2D eigenvalue weighted by Gasteiger charge is -2.13. The van der Waals surface area contributed by atoms with Gasteiger partial charge in [-0.2, -0.15) is 0 Å². The summed E-state index contributed by atoms with van der Waals surface area (Å²) in [6, 6.07) is 5.54. The van der Waals surface area contributed by atoms with Gasteiger partial charge < -0.3 is 15.8 Å². The number of primary amides is 1. The molecular weight excluding hydrogens is 284 g/mol. The summed E-state index contributed by atoms with van der Waals surface area (Å²) < 4.78 is 6.45. The van der Waals surface area contributed by atoms with Crippen LogP contribution in [0.2, 0.25) is 0 Å². The Kier molecular flexibility index (Phi) is 4.02. The summed E-state index contributed by atoms with van der Waals surface area (Å²) in [5, 5.41) is 3.36. The van der Waals surface area contributed by atoms with Crippen molar-refractivity contribution in [1.29, 1.82) is 0 Å². The molecule has 3 N–H and O–H groups in total. The fourth-order valence-electron chi connectivity index (χ4n) is 1.86. The van der Waals surface area contributed by atoms with Crippen molar-refractivity contribution in [3.63, 3.8) is 0 Å². The molecular formula is C12H15BrN2O2. The van der Waals surface area contributed by atoms with Gasteiger partial charge in [-0.25, -0.2) is 0 Å². The van der Waals surface area contributed by atoms with Crippen LogP contribution in [-0.4, -0.2) is 25.1 Å². The van der Waals surface area contributed by atoms with E-state index in [0.717, 1.165) is 23.2 Å². The highest BCUT2D eigenvalue weighted by molar-refractivity contribution is 9.10. The number of hydrogen-bond acceptors (Lipinski definition) is 3. The van der Waals surface area contributed by atoms with Gasteiger partial charge in [0, 0.05) is 11.6 Å². The molecule has 0 aromatic heterocycles. The van der Waals surface area contributed by atoms with E-state index in [1.165, 1.54) is 6.42 Å². The van der Waals surface area contributed by atoms with E-state index in [1.54, 1.807) is 18.2 Å². The van der Waals surface area contributed by atoms with E-state index in [0.29, 0.717) is 18.2 Å². The van der Waals surface area contributed by atoms with Gasteiger partial charge >= 0.3 is 0 Å². The summed E-state index contributed by atoms with van der Waals surface area (Å²) in [6.45, 7) is 1.71. The lowest BCUT2D eigenvalue weighted by molar-refractivity contribution is 0.1000. The molecule has 1 unspecified atom stereocenters. The number of carbonyl (C=O) groups is 1. The van der Waals surface area contributed by atoms with Crippen LogP contribution >= 0.6 is 15.9 Å². The molecule has 5 heteroatoms. The standard InChI is InChI=1S/C12H15BrN2O2/c13-10-6-8(12(14)16)3-4-11(10)17-7-9-2-1-5-15-9/h3-4,6,9,15H,1-2,5,7H2,(H2,14,16). The molecule has 1 saturated heterocycles. The predicted octanol–water partition coefficient (Wildman–Crippen LogP) is 1.68. The first-order valence-corrected chi connectivity index (χ1v) is 6.41. The van der Waals surface area contributed by atoms with Crippen molar-refractivity contribution in [3.05, 3.63) is 28.2 Å². The average Bonchev–Trinajstić information content (AvgIpc) is 2.80. The number of hydrogen-bond donors (Lipinski definition) is 2. The van der Waals surface area contributed by atoms with Crippen LogP contribution in [0.15, 0.2) is 22.7 Å². The van der Waals surface area contributed by atoms with E-state index >= 15 is 0 Å². The van der Waals surface area contributed by atoms with E-state index in [2.05, 4.69) is 21.2 Å². The second-order valence-corrected chi connectivity index (χ2v) is 4.97. The maximum Gasteiger partial charge on any atom is 0.248 e. The van der Waals surface area contributed by atoms with Gasteiger partial charge in [-0.15, -0.1) is 0 Å². The molecule has 1 amide bonds. The first kappa shape index (κ1) is 12.4. The Morgan fingerprint density at radius 2 is 2.41 bits per heavy atom. The molecule has 0 radical (unpaired) electrons. The molecule has 0 bridgehead atoms. The smallest absolute Gasteiger partial charge is 0.248 e. The third-order valence-corrected chi connectivity index (χ3v) is 3.44. The highest BCUT2D eigenvalue weighted by atomic mass is 79.9. The molecule has 1 heterocycles. The molecule has 1 aliphatic heterocycles. The van der Waals surface area contributed by atoms with Gasteiger partial charge in [0.25, 0.3) is 0 Å². The SMILES string of the molecule is NC(=O)c1ccc(OCC2CCCN2)c(Br)c1. The van der Waals surface area contributed by atoms with E-state index < -0.39 is 5.91 Å². The number of ether oxygens (including phenoxy) is 1. The molecule has 1 aromatic carbocycles. The first-order valence-electron chi connectivity index (χ1n) is 5.62. The van der Waals surface area contributed by atoms with Crippen molar-refractivity contribution in [2.24, 2.45) is 5.73 Å². The monoisotopic (exact) mass is 298 g/mol. The van der Waals surface area contributed by atoms with Crippen LogP contribution < -0.4 is 15.8 Å². The quantitative estimate of drug-likeness (QED) is 0.889. The second-order valence-electron chi connectivity index (χ2n) is 4.11. The van der Waals surface area contributed by atoms with Gasteiger partial charge in [-0.05, 0) is 53.5 Å². The van der Waals surface area contributed by atoms with E-state index in [4.69, 9.17) is 10.5 Å². The molecule has 1 fully saturated rings. The van der Waals surface area contributed by atoms with E-state index in [9.17, 15) is 4.79 Å². The van der Waals surface area contributed by atoms with Crippen LogP contribution in [0.5, 0.6) is 5.75 Å². The van der Waals surface area contributed by atoms with Crippen molar-refractivity contribution in [2.45, 2.75) is 18.9 Å². The Hall–Kier alpha value is -1.07. The highest BCUT2D eigenvalue weighted by Gasteiger charge is 2.15. The average molecular weight is 299 g/mol. The Morgan fingerprint density at radius 3 is 3.00 bits per heavy atom. The van der Waals surface area contributed by atoms with Crippen molar-refractivity contribution < 1.29 is 9.53 Å². The fourth-order valence-corrected chi connectivity index (χ4v) is 2.35. The third kappa shape index (κ3) is 3.20. The first-order chi connectivity index (χ1) is 8.16. The van der Waals surface area contributed by atoms with Crippen LogP contribution in [0.1, 0.15) is 23.2 Å². The topological polar surface area (TPSA) is 64.4 Å². The highest BCUT2D eigenvalue weighted by Crippen LogP contribution is 2.26. The number of halogens is 1. The van der Waals surface area contributed by atoms with E-state index in [1.807, 2.05) is 0 Å². The fraction of sp³-hybridized carbons (Fsp3) is 0.417. The molecule has 17 heavy (non-hydrogen) atoms. The summed E-state index contributed by atoms with van der Waals surface area (Å²) in [6.07, 6.45) is 2.35. The van der Waals surface area contributed by atoms with Crippen LogP contribution in [0.4, 0.5) is 0 Å². The largest absolute Gasteiger partial charge is 0.491 e. The zero-order valence-electron chi connectivity index (χ0n) is 9.41. The third-order valence-electron chi connectivity index (χ3n) is 2.82. The van der Waals surface area contributed by atoms with Gasteiger partial charge in [0.15, 0.2) is 0 Å². The zero-order valence-corrected chi connectivity index (χ0v) is 11.0. The molecule has 1 aliphatic rings. The molecule has 0 saturated carbocycles. The molecule has 1 atom stereocenters. The lowest BCUT2D eigenvalue weighted by Crippen LogP contribution is -2.28. The maximum atomic E-state index is 11.0. The Bertz CT molecular complexity index is 417. The molecule has 4 nitrogen and oxygen atoms in total. The van der Waals surface area contributed by atoms with Gasteiger partial charge in [-0.1, -0.05) is 0 Å². The number of nitrogens with one attached hydrogen (secondary N) is 1. The minimum atomic E-state index is -0.435. The Labute approximate surface area is 109 Å².